The first-order valence-electron chi connectivity index (χ1n) is 9.67. The Kier molecular flexibility index (Phi) is 7.08. The third-order valence-corrected chi connectivity index (χ3v) is 6.93. The van der Waals surface area contributed by atoms with Crippen LogP contribution in [0.2, 0.25) is 0 Å². The summed E-state index contributed by atoms with van der Waals surface area (Å²) >= 11 is 1.44. The number of carbonyl (C=O) groups is 1. The van der Waals surface area contributed by atoms with Gasteiger partial charge in [0, 0.05) is 24.1 Å². The van der Waals surface area contributed by atoms with E-state index in [0.717, 1.165) is 24.2 Å². The van der Waals surface area contributed by atoms with E-state index >= 15 is 0 Å². The molecule has 1 aliphatic rings. The molecule has 156 valence electrons. The summed E-state index contributed by atoms with van der Waals surface area (Å²) in [5, 5.41) is 0. The zero-order valence-corrected chi connectivity index (χ0v) is 18.3. The monoisotopic (exact) mass is 434 g/mol. The average Bonchev–Trinajstić information content (AvgIpc) is 2.73. The summed E-state index contributed by atoms with van der Waals surface area (Å²) in [6.45, 7) is 3.79. The maximum atomic E-state index is 13.0. The minimum absolute atomic E-state index is 0.0671. The minimum atomic E-state index is -3.84. The van der Waals surface area contributed by atoms with Gasteiger partial charge >= 0.3 is 0 Å². The van der Waals surface area contributed by atoms with Gasteiger partial charge in [-0.05, 0) is 62.8 Å². The third-order valence-electron chi connectivity index (χ3n) is 4.75. The minimum Gasteiger partial charge on any atom is -0.494 e. The molecule has 8 heteroatoms. The lowest BCUT2D eigenvalue weighted by Crippen LogP contribution is -2.36. The van der Waals surface area contributed by atoms with Crippen LogP contribution in [0.3, 0.4) is 0 Å². The highest BCUT2D eigenvalue weighted by molar-refractivity contribution is 7.98. The van der Waals surface area contributed by atoms with Gasteiger partial charge in [0.05, 0.1) is 22.8 Å². The Bertz CT molecular complexity index is 970. The largest absolute Gasteiger partial charge is 0.494 e. The number of amides is 1. The van der Waals surface area contributed by atoms with Crippen molar-refractivity contribution in [1.82, 2.24) is 4.90 Å². The van der Waals surface area contributed by atoms with Crippen molar-refractivity contribution in [3.05, 3.63) is 48.0 Å². The van der Waals surface area contributed by atoms with Crippen LogP contribution in [0.15, 0.2) is 52.3 Å². The number of carbonyl (C=O) groups excluding carboxylic acids is 1. The lowest BCUT2D eigenvalue weighted by molar-refractivity contribution is 0.0720. The number of hydrogen-bond donors (Lipinski definition) is 1. The molecule has 1 fully saturated rings. The Balaban J connectivity index is 1.89. The topological polar surface area (TPSA) is 75.7 Å². The fourth-order valence-electron chi connectivity index (χ4n) is 3.32. The number of rotatable bonds is 7. The van der Waals surface area contributed by atoms with E-state index < -0.39 is 10.0 Å². The van der Waals surface area contributed by atoms with Crippen LogP contribution in [0.4, 0.5) is 5.69 Å². The summed E-state index contributed by atoms with van der Waals surface area (Å²) in [5.74, 6) is 0.482. The van der Waals surface area contributed by atoms with Crippen LogP contribution in [0, 0.1) is 0 Å². The second kappa shape index (κ2) is 9.54. The van der Waals surface area contributed by atoms with E-state index in [4.69, 9.17) is 4.74 Å². The molecule has 1 N–H and O–H groups in total. The lowest BCUT2D eigenvalue weighted by atomic mass is 10.1. The number of benzene rings is 2. The van der Waals surface area contributed by atoms with Gasteiger partial charge in [0.1, 0.15) is 5.75 Å². The smallest absolute Gasteiger partial charge is 0.261 e. The molecule has 1 saturated heterocycles. The van der Waals surface area contributed by atoms with Crippen molar-refractivity contribution in [3.63, 3.8) is 0 Å². The van der Waals surface area contributed by atoms with Crippen LogP contribution < -0.4 is 9.46 Å². The molecule has 1 aliphatic heterocycles. The van der Waals surface area contributed by atoms with Crippen LogP contribution >= 0.6 is 11.8 Å². The van der Waals surface area contributed by atoms with Crippen molar-refractivity contribution in [3.8, 4) is 5.75 Å². The first-order valence-corrected chi connectivity index (χ1v) is 12.4. The number of ether oxygens (including phenoxy) is 1. The van der Waals surface area contributed by atoms with E-state index in [-0.39, 0.29) is 10.8 Å². The number of anilines is 1. The summed E-state index contributed by atoms with van der Waals surface area (Å²) in [7, 11) is -3.84. The summed E-state index contributed by atoms with van der Waals surface area (Å²) in [6.07, 6.45) is 4.97. The molecule has 6 nitrogen and oxygen atoms in total. The van der Waals surface area contributed by atoms with Crippen LogP contribution in [0.25, 0.3) is 0 Å². The van der Waals surface area contributed by atoms with Crippen molar-refractivity contribution < 1.29 is 17.9 Å². The van der Waals surface area contributed by atoms with Crippen LogP contribution in [0.1, 0.15) is 36.5 Å². The molecule has 0 spiro atoms. The summed E-state index contributed by atoms with van der Waals surface area (Å²) < 4.78 is 33.9. The van der Waals surface area contributed by atoms with E-state index in [1.54, 1.807) is 30.3 Å². The molecular weight excluding hydrogens is 408 g/mol. The zero-order valence-electron chi connectivity index (χ0n) is 16.7. The SMILES string of the molecule is CCOc1cccc(NS(=O)(=O)c2ccc(SC)c(C(=O)N3CCCCC3)c2)c1. The van der Waals surface area contributed by atoms with Gasteiger partial charge in [0.15, 0.2) is 0 Å². The van der Waals surface area contributed by atoms with Gasteiger partial charge in [-0.1, -0.05) is 6.07 Å². The second-order valence-corrected chi connectivity index (χ2v) is 9.31. The van der Waals surface area contributed by atoms with E-state index in [2.05, 4.69) is 4.72 Å². The van der Waals surface area contributed by atoms with Crippen LogP contribution in [-0.2, 0) is 10.0 Å². The Labute approximate surface area is 176 Å². The zero-order chi connectivity index (χ0) is 20.9. The molecule has 0 saturated carbocycles. The quantitative estimate of drug-likeness (QED) is 0.660. The van der Waals surface area contributed by atoms with Gasteiger partial charge in [-0.2, -0.15) is 0 Å². The predicted molar refractivity (Wildman–Crippen MR) is 116 cm³/mol. The maximum Gasteiger partial charge on any atom is 0.261 e. The van der Waals surface area contributed by atoms with Gasteiger partial charge in [-0.3, -0.25) is 9.52 Å². The fraction of sp³-hybridized carbons (Fsp3) is 0.381. The number of nitrogens with one attached hydrogen (secondary N) is 1. The summed E-state index contributed by atoms with van der Waals surface area (Å²) in [6, 6.07) is 11.5. The van der Waals surface area contributed by atoms with Crippen LogP contribution in [0.5, 0.6) is 5.75 Å². The van der Waals surface area contributed by atoms with Gasteiger partial charge in [-0.25, -0.2) is 8.42 Å². The molecule has 0 unspecified atom stereocenters. The Morgan fingerprint density at radius 2 is 1.90 bits per heavy atom. The van der Waals surface area contributed by atoms with Crippen molar-refractivity contribution in [1.29, 1.82) is 0 Å². The van der Waals surface area contributed by atoms with E-state index in [1.165, 1.54) is 23.9 Å². The number of hydrogen-bond acceptors (Lipinski definition) is 5. The highest BCUT2D eigenvalue weighted by Gasteiger charge is 2.24. The number of likely N-dealkylation sites (tertiary alicyclic amines) is 1. The lowest BCUT2D eigenvalue weighted by Gasteiger charge is -2.27. The molecule has 0 radical (unpaired) electrons. The molecule has 1 amide bonds. The predicted octanol–water partition coefficient (Wildman–Crippen LogP) is 4.23. The Hall–Kier alpha value is -2.19. The van der Waals surface area contributed by atoms with Gasteiger partial charge in [0.25, 0.3) is 15.9 Å². The van der Waals surface area contributed by atoms with E-state index in [9.17, 15) is 13.2 Å². The number of nitrogens with zero attached hydrogens (tertiary/aromatic N) is 1. The number of sulfonamides is 1. The second-order valence-electron chi connectivity index (χ2n) is 6.78. The standard InChI is InChI=1S/C21H26N2O4S2/c1-3-27-17-9-7-8-16(14-17)22-29(25,26)18-10-11-20(28-2)19(15-18)21(24)23-12-5-4-6-13-23/h7-11,14-15,22H,3-6,12-13H2,1-2H3. The van der Waals surface area contributed by atoms with Gasteiger partial charge < -0.3 is 9.64 Å². The molecular formula is C21H26N2O4S2. The molecule has 0 aliphatic carbocycles. The Morgan fingerprint density at radius 3 is 2.59 bits per heavy atom. The van der Waals surface area contributed by atoms with Crippen molar-refractivity contribution >= 4 is 33.4 Å². The Morgan fingerprint density at radius 1 is 1.14 bits per heavy atom. The molecule has 3 rings (SSSR count). The molecule has 0 aromatic heterocycles. The van der Waals surface area contributed by atoms with Gasteiger partial charge in [0.2, 0.25) is 0 Å². The summed E-state index contributed by atoms with van der Waals surface area (Å²) in [4.78, 5) is 15.7. The molecule has 2 aromatic rings. The normalized spacial score (nSPS) is 14.5. The first-order chi connectivity index (χ1) is 13.9. The molecule has 0 bridgehead atoms. The first kappa shape index (κ1) is 21.5. The van der Waals surface area contributed by atoms with E-state index in [1.807, 2.05) is 18.1 Å². The highest BCUT2D eigenvalue weighted by atomic mass is 32.2. The van der Waals surface area contributed by atoms with E-state index in [0.29, 0.717) is 36.7 Å². The number of thioether (sulfide) groups is 1. The summed E-state index contributed by atoms with van der Waals surface area (Å²) in [5.41, 5.74) is 0.846. The molecule has 2 aromatic carbocycles. The van der Waals surface area contributed by atoms with Crippen molar-refractivity contribution in [2.45, 2.75) is 36.0 Å². The molecule has 29 heavy (non-hydrogen) atoms. The maximum absolute atomic E-state index is 13.0. The molecule has 1 heterocycles. The third kappa shape index (κ3) is 5.25. The van der Waals surface area contributed by atoms with Gasteiger partial charge in [-0.15, -0.1) is 11.8 Å². The fourth-order valence-corrected chi connectivity index (χ4v) is 4.96. The molecule has 0 atom stereocenters. The van der Waals surface area contributed by atoms with Crippen LogP contribution in [-0.4, -0.2) is 45.2 Å². The van der Waals surface area contributed by atoms with Crippen molar-refractivity contribution in [2.24, 2.45) is 0 Å². The average molecular weight is 435 g/mol. The number of piperidine rings is 1. The van der Waals surface area contributed by atoms with Crippen molar-refractivity contribution in [2.75, 3.05) is 30.7 Å². The highest BCUT2D eigenvalue weighted by Crippen LogP contribution is 2.28.